The number of sulfone groups is 1. The minimum atomic E-state index is -2.88. The van der Waals surface area contributed by atoms with Crippen LogP contribution in [0.2, 0.25) is 0 Å². The fraction of sp³-hybridized carbons (Fsp3) is 0.600. The molecule has 1 aromatic heterocycles. The number of nitrogens with two attached hydrogens (primary N) is 1. The van der Waals surface area contributed by atoms with E-state index < -0.39 is 9.84 Å². The topological polar surface area (TPSA) is 85.9 Å². The largest absolute Gasteiger partial charge is 0.324 e. The molecule has 0 spiro atoms. The van der Waals surface area contributed by atoms with Crippen LogP contribution in [0.5, 0.6) is 0 Å². The summed E-state index contributed by atoms with van der Waals surface area (Å²) in [7, 11) is -2.88. The molecule has 0 radical (unpaired) electrons. The summed E-state index contributed by atoms with van der Waals surface area (Å²) in [6.07, 6.45) is 5.97. The highest BCUT2D eigenvalue weighted by Crippen LogP contribution is 2.13. The molecule has 1 rings (SSSR count). The molecule has 1 aromatic rings. The highest BCUT2D eigenvalue weighted by molar-refractivity contribution is 7.91. The first kappa shape index (κ1) is 13.1. The van der Waals surface area contributed by atoms with Gasteiger partial charge in [-0.2, -0.15) is 0 Å². The molecule has 0 aliphatic carbocycles. The second-order valence-corrected chi connectivity index (χ2v) is 6.13. The maximum absolute atomic E-state index is 11.3. The molecule has 6 heteroatoms. The van der Waals surface area contributed by atoms with Crippen molar-refractivity contribution >= 4 is 9.84 Å². The van der Waals surface area contributed by atoms with Crippen molar-refractivity contribution in [3.8, 4) is 0 Å². The van der Waals surface area contributed by atoms with E-state index in [2.05, 4.69) is 9.97 Å². The Morgan fingerprint density at radius 3 is 2.56 bits per heavy atom. The van der Waals surface area contributed by atoms with Crippen LogP contribution in [0.4, 0.5) is 0 Å². The van der Waals surface area contributed by atoms with Gasteiger partial charge in [0.1, 0.15) is 16.2 Å². The Balaban J connectivity index is 2.40. The third kappa shape index (κ3) is 4.24. The van der Waals surface area contributed by atoms with E-state index in [4.69, 9.17) is 5.73 Å². The second-order valence-electron chi connectivity index (χ2n) is 3.66. The summed E-state index contributed by atoms with van der Waals surface area (Å²) in [6, 6.07) is -0.187. The zero-order chi connectivity index (χ0) is 12.0. The average molecular weight is 243 g/mol. The van der Waals surface area contributed by atoms with Gasteiger partial charge in [0.2, 0.25) is 0 Å². The predicted octanol–water partition coefficient (Wildman–Crippen LogP) is 0.691. The molecule has 2 N–H and O–H groups in total. The zero-order valence-electron chi connectivity index (χ0n) is 9.33. The van der Waals surface area contributed by atoms with E-state index >= 15 is 0 Å². The van der Waals surface area contributed by atoms with Crippen molar-refractivity contribution in [2.75, 3.05) is 11.5 Å². The van der Waals surface area contributed by atoms with Gasteiger partial charge in [0.25, 0.3) is 0 Å². The van der Waals surface area contributed by atoms with Crippen LogP contribution < -0.4 is 5.73 Å². The molecular weight excluding hydrogens is 226 g/mol. The summed E-state index contributed by atoms with van der Waals surface area (Å²) in [4.78, 5) is 7.74. The first-order valence-electron chi connectivity index (χ1n) is 5.26. The van der Waals surface area contributed by atoms with Crippen LogP contribution >= 0.6 is 0 Å². The predicted molar refractivity (Wildman–Crippen MR) is 62.5 cm³/mol. The lowest BCUT2D eigenvalue weighted by atomic mass is 10.1. The number of hydrogen-bond donors (Lipinski definition) is 1. The third-order valence-electron chi connectivity index (χ3n) is 2.42. The lowest BCUT2D eigenvalue weighted by molar-refractivity contribution is 0.583. The van der Waals surface area contributed by atoms with Crippen LogP contribution in [0.3, 0.4) is 0 Å². The van der Waals surface area contributed by atoms with Crippen LogP contribution in [0, 0.1) is 0 Å². The number of hydrogen-bond acceptors (Lipinski definition) is 5. The van der Waals surface area contributed by atoms with Gasteiger partial charge in [-0.25, -0.2) is 18.4 Å². The molecule has 1 atom stereocenters. The maximum atomic E-state index is 11.3. The Labute approximate surface area is 96.0 Å². The minimum absolute atomic E-state index is 0.187. The summed E-state index contributed by atoms with van der Waals surface area (Å²) in [6.45, 7) is 1.65. The van der Waals surface area contributed by atoms with Gasteiger partial charge in [-0.15, -0.1) is 0 Å². The van der Waals surface area contributed by atoms with Crippen molar-refractivity contribution in [1.29, 1.82) is 0 Å². The monoisotopic (exact) mass is 243 g/mol. The molecular formula is C10H17N3O2S. The van der Waals surface area contributed by atoms with Crippen LogP contribution in [0.15, 0.2) is 18.7 Å². The number of aromatic nitrogens is 2. The van der Waals surface area contributed by atoms with Gasteiger partial charge in [0.05, 0.1) is 5.75 Å². The SMILES string of the molecule is CCS(=O)(=O)CCCC(N)c1cncnc1. The van der Waals surface area contributed by atoms with E-state index in [0.717, 1.165) is 5.56 Å². The van der Waals surface area contributed by atoms with Crippen molar-refractivity contribution in [3.63, 3.8) is 0 Å². The van der Waals surface area contributed by atoms with E-state index in [-0.39, 0.29) is 17.5 Å². The fourth-order valence-corrected chi connectivity index (χ4v) is 2.23. The minimum Gasteiger partial charge on any atom is -0.324 e. The summed E-state index contributed by atoms with van der Waals surface area (Å²) in [5, 5.41) is 0. The first-order valence-corrected chi connectivity index (χ1v) is 7.08. The van der Waals surface area contributed by atoms with E-state index in [1.54, 1.807) is 19.3 Å². The summed E-state index contributed by atoms with van der Waals surface area (Å²) in [5.74, 6) is 0.390. The van der Waals surface area contributed by atoms with E-state index in [1.807, 2.05) is 0 Å². The smallest absolute Gasteiger partial charge is 0.150 e. The zero-order valence-corrected chi connectivity index (χ0v) is 10.2. The highest BCUT2D eigenvalue weighted by Gasteiger charge is 2.10. The van der Waals surface area contributed by atoms with Crippen LogP contribution in [0.1, 0.15) is 31.4 Å². The first-order chi connectivity index (χ1) is 7.55. The standard InChI is InChI=1S/C10H17N3O2S/c1-2-16(14,15)5-3-4-10(11)9-6-12-8-13-7-9/h6-8,10H,2-5,11H2,1H3. The molecule has 5 nitrogen and oxygen atoms in total. The number of nitrogens with zero attached hydrogens (tertiary/aromatic N) is 2. The van der Waals surface area contributed by atoms with Crippen molar-refractivity contribution < 1.29 is 8.42 Å². The van der Waals surface area contributed by atoms with Crippen LogP contribution in [-0.4, -0.2) is 29.9 Å². The molecule has 0 bridgehead atoms. The second kappa shape index (κ2) is 5.91. The molecule has 0 aromatic carbocycles. The summed E-state index contributed by atoms with van der Waals surface area (Å²) < 4.78 is 22.5. The Morgan fingerprint density at radius 2 is 2.00 bits per heavy atom. The molecule has 16 heavy (non-hydrogen) atoms. The Morgan fingerprint density at radius 1 is 1.38 bits per heavy atom. The van der Waals surface area contributed by atoms with Gasteiger partial charge in [-0.3, -0.25) is 0 Å². The van der Waals surface area contributed by atoms with Gasteiger partial charge >= 0.3 is 0 Å². The number of rotatable bonds is 6. The lowest BCUT2D eigenvalue weighted by Gasteiger charge is -2.10. The summed E-state index contributed by atoms with van der Waals surface area (Å²) in [5.41, 5.74) is 6.73. The molecule has 1 heterocycles. The molecule has 0 saturated heterocycles. The lowest BCUT2D eigenvalue weighted by Crippen LogP contribution is -2.14. The van der Waals surface area contributed by atoms with E-state index in [9.17, 15) is 8.42 Å². The highest BCUT2D eigenvalue weighted by atomic mass is 32.2. The van der Waals surface area contributed by atoms with Gasteiger partial charge in [0, 0.05) is 29.8 Å². The Kier molecular flexibility index (Phi) is 4.82. The fourth-order valence-electron chi connectivity index (χ4n) is 1.34. The van der Waals surface area contributed by atoms with Crippen LogP contribution in [-0.2, 0) is 9.84 Å². The van der Waals surface area contributed by atoms with E-state index in [0.29, 0.717) is 12.8 Å². The van der Waals surface area contributed by atoms with Crippen molar-refractivity contribution in [2.24, 2.45) is 5.73 Å². The van der Waals surface area contributed by atoms with E-state index in [1.165, 1.54) is 6.33 Å². The van der Waals surface area contributed by atoms with Gasteiger partial charge in [0.15, 0.2) is 0 Å². The molecule has 0 fully saturated rings. The molecule has 0 saturated carbocycles. The average Bonchev–Trinajstić information content (AvgIpc) is 2.30. The molecule has 0 aliphatic rings. The quantitative estimate of drug-likeness (QED) is 0.794. The van der Waals surface area contributed by atoms with Crippen LogP contribution in [0.25, 0.3) is 0 Å². The molecule has 90 valence electrons. The van der Waals surface area contributed by atoms with Crippen molar-refractivity contribution in [1.82, 2.24) is 9.97 Å². The van der Waals surface area contributed by atoms with Gasteiger partial charge < -0.3 is 5.73 Å². The van der Waals surface area contributed by atoms with Gasteiger partial charge in [-0.1, -0.05) is 6.92 Å². The van der Waals surface area contributed by atoms with Crippen molar-refractivity contribution in [2.45, 2.75) is 25.8 Å². The Bertz CT molecular complexity index is 405. The molecule has 0 amide bonds. The molecule has 1 unspecified atom stereocenters. The maximum Gasteiger partial charge on any atom is 0.150 e. The van der Waals surface area contributed by atoms with Crippen molar-refractivity contribution in [3.05, 3.63) is 24.3 Å². The normalized spacial score (nSPS) is 13.6. The third-order valence-corrected chi connectivity index (χ3v) is 4.21. The molecule has 0 aliphatic heterocycles. The van der Waals surface area contributed by atoms with Gasteiger partial charge in [-0.05, 0) is 12.8 Å². The summed E-state index contributed by atoms with van der Waals surface area (Å²) >= 11 is 0. The Hall–Kier alpha value is -1.01.